The van der Waals surface area contributed by atoms with Crippen molar-refractivity contribution in [3.63, 3.8) is 0 Å². The number of hydrogen-bond acceptors (Lipinski definition) is 9. The number of anilines is 1. The lowest BCUT2D eigenvalue weighted by Gasteiger charge is -2.11. The summed E-state index contributed by atoms with van der Waals surface area (Å²) in [5.41, 5.74) is 0.332. The van der Waals surface area contributed by atoms with Crippen molar-refractivity contribution in [2.45, 2.75) is 9.10 Å². The van der Waals surface area contributed by atoms with Crippen LogP contribution in [0.3, 0.4) is 0 Å². The summed E-state index contributed by atoms with van der Waals surface area (Å²) >= 11 is 7.62. The predicted molar refractivity (Wildman–Crippen MR) is 132 cm³/mol. The van der Waals surface area contributed by atoms with Gasteiger partial charge < -0.3 is 4.74 Å². The van der Waals surface area contributed by atoms with Gasteiger partial charge in [0, 0.05) is 28.2 Å². The van der Waals surface area contributed by atoms with Crippen molar-refractivity contribution in [3.05, 3.63) is 73.9 Å². The molecule has 0 spiro atoms. The zero-order valence-electron chi connectivity index (χ0n) is 16.8. The van der Waals surface area contributed by atoms with Gasteiger partial charge in [0.25, 0.3) is 11.6 Å². The maximum atomic E-state index is 12.8. The molecule has 14 heteroatoms. The molecule has 0 fully saturated rings. The number of ether oxygens (including phenoxy) is 1. The molecule has 2 heterocycles. The quantitative estimate of drug-likeness (QED) is 0.223. The Bertz CT molecular complexity index is 1520. The Morgan fingerprint density at radius 3 is 2.59 bits per heavy atom. The zero-order chi connectivity index (χ0) is 24.5. The molecule has 1 amide bonds. The van der Waals surface area contributed by atoms with Crippen LogP contribution in [0, 0.1) is 10.1 Å². The van der Waals surface area contributed by atoms with Crippen LogP contribution in [0.5, 0.6) is 5.75 Å². The van der Waals surface area contributed by atoms with E-state index in [-0.39, 0.29) is 26.5 Å². The van der Waals surface area contributed by atoms with E-state index in [0.29, 0.717) is 15.7 Å². The number of halogens is 2. The molecule has 0 aliphatic carbocycles. The molecule has 0 radical (unpaired) electrons. The van der Waals surface area contributed by atoms with Gasteiger partial charge in [0.05, 0.1) is 20.5 Å². The van der Waals surface area contributed by atoms with Crippen LogP contribution >= 0.6 is 43.2 Å². The number of non-ortho nitro benzene ring substituents is 1. The Kier molecular flexibility index (Phi) is 6.93. The number of carbonyl (C=O) groups is 1. The SMILES string of the molecule is O=C(COc1c(Br)cc(Br)c2cccnc12)Nc1ncc(S(=O)(=O)c2ccc([N+](=O)[O-])cc2)s1. The average Bonchev–Trinajstić information content (AvgIpc) is 3.28. The summed E-state index contributed by atoms with van der Waals surface area (Å²) in [4.78, 5) is 30.7. The lowest BCUT2D eigenvalue weighted by atomic mass is 10.2. The van der Waals surface area contributed by atoms with Gasteiger partial charge in [-0.1, -0.05) is 33.3 Å². The smallest absolute Gasteiger partial charge is 0.269 e. The summed E-state index contributed by atoms with van der Waals surface area (Å²) in [6, 6.07) is 9.92. The van der Waals surface area contributed by atoms with Crippen LogP contribution in [0.1, 0.15) is 0 Å². The van der Waals surface area contributed by atoms with Crippen molar-refractivity contribution in [2.24, 2.45) is 0 Å². The third-order valence-corrected chi connectivity index (χ3v) is 8.84. The highest BCUT2D eigenvalue weighted by Crippen LogP contribution is 2.37. The molecule has 10 nitrogen and oxygen atoms in total. The first kappa shape index (κ1) is 24.2. The van der Waals surface area contributed by atoms with Crippen molar-refractivity contribution in [3.8, 4) is 5.75 Å². The largest absolute Gasteiger partial charge is 0.480 e. The molecule has 4 rings (SSSR count). The van der Waals surface area contributed by atoms with E-state index in [9.17, 15) is 23.3 Å². The van der Waals surface area contributed by atoms with Crippen molar-refractivity contribution in [1.82, 2.24) is 9.97 Å². The number of hydrogen-bond donors (Lipinski definition) is 1. The van der Waals surface area contributed by atoms with Gasteiger partial charge >= 0.3 is 0 Å². The van der Waals surface area contributed by atoms with Crippen molar-refractivity contribution in [1.29, 1.82) is 0 Å². The van der Waals surface area contributed by atoms with Gasteiger partial charge in [0.1, 0.15) is 9.73 Å². The normalized spacial score (nSPS) is 11.4. The van der Waals surface area contributed by atoms with Crippen LogP contribution in [-0.2, 0) is 14.6 Å². The monoisotopic (exact) mass is 626 g/mol. The van der Waals surface area contributed by atoms with E-state index in [0.717, 1.165) is 51.7 Å². The molecule has 0 aliphatic rings. The van der Waals surface area contributed by atoms with Crippen LogP contribution in [0.4, 0.5) is 10.8 Å². The summed E-state index contributed by atoms with van der Waals surface area (Å²) in [6.07, 6.45) is 2.72. The summed E-state index contributed by atoms with van der Waals surface area (Å²) in [5, 5.41) is 14.1. The average molecular weight is 628 g/mol. The van der Waals surface area contributed by atoms with Crippen LogP contribution in [-0.4, -0.2) is 35.8 Å². The molecule has 34 heavy (non-hydrogen) atoms. The fraction of sp³-hybridized carbons (Fsp3) is 0.0500. The number of nitrogens with one attached hydrogen (secondary N) is 1. The van der Waals surface area contributed by atoms with Gasteiger partial charge in [-0.15, -0.1) is 0 Å². The first-order chi connectivity index (χ1) is 16.2. The molecule has 2 aromatic heterocycles. The van der Waals surface area contributed by atoms with Crippen LogP contribution in [0.2, 0.25) is 0 Å². The Labute approximate surface area is 213 Å². The number of nitrogens with zero attached hydrogens (tertiary/aromatic N) is 3. The number of sulfone groups is 1. The number of pyridine rings is 1. The number of thiazole rings is 1. The number of rotatable bonds is 7. The summed E-state index contributed by atoms with van der Waals surface area (Å²) in [7, 11) is -3.95. The molecule has 174 valence electrons. The third-order valence-electron chi connectivity index (χ3n) is 4.45. The summed E-state index contributed by atoms with van der Waals surface area (Å²) in [6.45, 7) is -0.365. The number of aromatic nitrogens is 2. The van der Waals surface area contributed by atoms with Crippen LogP contribution in [0.15, 0.2) is 72.9 Å². The second-order valence-electron chi connectivity index (χ2n) is 6.64. The van der Waals surface area contributed by atoms with E-state index in [2.05, 4.69) is 47.1 Å². The summed E-state index contributed by atoms with van der Waals surface area (Å²) < 4.78 is 32.5. The fourth-order valence-electron chi connectivity index (χ4n) is 2.88. The zero-order valence-corrected chi connectivity index (χ0v) is 21.6. The third kappa shape index (κ3) is 4.94. The van der Waals surface area contributed by atoms with E-state index in [1.54, 1.807) is 18.3 Å². The van der Waals surface area contributed by atoms with Crippen LogP contribution < -0.4 is 10.1 Å². The first-order valence-corrected chi connectivity index (χ1v) is 13.2. The van der Waals surface area contributed by atoms with Crippen molar-refractivity contribution < 1.29 is 22.9 Å². The minimum atomic E-state index is -3.95. The fourth-order valence-corrected chi connectivity index (χ4v) is 6.72. The minimum absolute atomic E-state index is 0.0620. The van der Waals surface area contributed by atoms with Gasteiger partial charge in [-0.2, -0.15) is 0 Å². The number of carbonyl (C=O) groups excluding carboxylic acids is 1. The Balaban J connectivity index is 1.46. The highest BCUT2D eigenvalue weighted by molar-refractivity contribution is 9.11. The molecule has 0 aliphatic heterocycles. The second-order valence-corrected chi connectivity index (χ2v) is 11.6. The molecule has 0 bridgehead atoms. The molecular formula is C20H12Br2N4O6S2. The lowest BCUT2D eigenvalue weighted by molar-refractivity contribution is -0.384. The van der Waals surface area contributed by atoms with E-state index >= 15 is 0 Å². The van der Waals surface area contributed by atoms with Crippen molar-refractivity contribution >= 4 is 80.7 Å². The molecule has 0 saturated heterocycles. The molecule has 4 aromatic rings. The number of fused-ring (bicyclic) bond motifs is 1. The predicted octanol–water partition coefficient (Wildman–Crippen LogP) is 4.97. The van der Waals surface area contributed by atoms with Gasteiger partial charge in [0.15, 0.2) is 17.5 Å². The maximum Gasteiger partial charge on any atom is 0.269 e. The Morgan fingerprint density at radius 1 is 1.15 bits per heavy atom. The number of amides is 1. The van der Waals surface area contributed by atoms with Gasteiger partial charge in [-0.05, 0) is 40.2 Å². The minimum Gasteiger partial charge on any atom is -0.480 e. The number of nitro benzene ring substituents is 1. The molecular weight excluding hydrogens is 616 g/mol. The second kappa shape index (κ2) is 9.74. The standard InChI is InChI=1S/C20H12Br2N4O6S2/c21-14-8-15(22)19(18-13(14)2-1-7-23-18)32-10-16(27)25-20-24-9-17(33-20)34(30,31)12-5-3-11(4-6-12)26(28)29/h1-9H,10H2,(H,24,25,27). The molecule has 0 atom stereocenters. The number of nitro groups is 1. The maximum absolute atomic E-state index is 12.8. The van der Waals surface area contributed by atoms with Gasteiger partial charge in [0.2, 0.25) is 9.84 Å². The molecule has 2 aromatic carbocycles. The van der Waals surface area contributed by atoms with Crippen molar-refractivity contribution in [2.75, 3.05) is 11.9 Å². The lowest BCUT2D eigenvalue weighted by Crippen LogP contribution is -2.20. The van der Waals surface area contributed by atoms with Gasteiger partial charge in [-0.25, -0.2) is 13.4 Å². The summed E-state index contributed by atoms with van der Waals surface area (Å²) in [5.74, 6) is -0.165. The highest BCUT2D eigenvalue weighted by Gasteiger charge is 2.23. The topological polar surface area (TPSA) is 141 Å². The molecule has 1 N–H and O–H groups in total. The Hall–Kier alpha value is -2.94. The van der Waals surface area contributed by atoms with Gasteiger partial charge in [-0.3, -0.25) is 25.2 Å². The number of benzene rings is 2. The van der Waals surface area contributed by atoms with E-state index in [1.807, 2.05) is 6.07 Å². The van der Waals surface area contributed by atoms with E-state index < -0.39 is 20.7 Å². The van der Waals surface area contributed by atoms with Crippen LogP contribution in [0.25, 0.3) is 10.9 Å². The molecule has 0 unspecified atom stereocenters. The first-order valence-electron chi connectivity index (χ1n) is 9.27. The van der Waals surface area contributed by atoms with E-state index in [1.165, 1.54) is 0 Å². The Morgan fingerprint density at radius 2 is 1.88 bits per heavy atom. The molecule has 0 saturated carbocycles. The highest BCUT2D eigenvalue weighted by atomic mass is 79.9. The van der Waals surface area contributed by atoms with E-state index in [4.69, 9.17) is 4.74 Å².